The first-order valence-electron chi connectivity index (χ1n) is 4.41. The number of aromatic hydroxyl groups is 2. The van der Waals surface area contributed by atoms with Gasteiger partial charge in [0.05, 0.1) is 6.54 Å². The summed E-state index contributed by atoms with van der Waals surface area (Å²) in [5.74, 6) is -0.351. The molecule has 0 unspecified atom stereocenters. The molecule has 0 radical (unpaired) electrons. The van der Waals surface area contributed by atoms with Gasteiger partial charge in [-0.05, 0) is 17.7 Å². The summed E-state index contributed by atoms with van der Waals surface area (Å²) in [5, 5.41) is 18.4. The van der Waals surface area contributed by atoms with Gasteiger partial charge in [-0.1, -0.05) is 6.07 Å². The molecule has 5 nitrogen and oxygen atoms in total. The molecule has 15 heavy (non-hydrogen) atoms. The quantitative estimate of drug-likeness (QED) is 0.631. The average molecular weight is 206 g/mol. The van der Waals surface area contributed by atoms with Crippen molar-refractivity contribution in [3.8, 4) is 11.5 Å². The minimum absolute atomic E-state index is 0.167. The second-order valence-electron chi connectivity index (χ2n) is 3.22. The molecule has 0 aliphatic heterocycles. The van der Waals surface area contributed by atoms with E-state index < -0.39 is 0 Å². The Hall–Kier alpha value is -2.17. The van der Waals surface area contributed by atoms with Crippen molar-refractivity contribution >= 4 is 0 Å². The zero-order valence-electron chi connectivity index (χ0n) is 7.84. The molecular weight excluding hydrogens is 196 g/mol. The highest BCUT2D eigenvalue weighted by molar-refractivity contribution is 5.40. The normalized spacial score (nSPS) is 10.4. The van der Waals surface area contributed by atoms with Crippen molar-refractivity contribution in [3.05, 3.63) is 46.6 Å². The molecule has 0 spiro atoms. The number of nitrogens with zero attached hydrogens (tertiary/aromatic N) is 1. The van der Waals surface area contributed by atoms with E-state index in [4.69, 9.17) is 5.11 Å². The van der Waals surface area contributed by atoms with Gasteiger partial charge >= 0.3 is 5.69 Å². The van der Waals surface area contributed by atoms with Gasteiger partial charge in [0.2, 0.25) is 0 Å². The fourth-order valence-corrected chi connectivity index (χ4v) is 1.34. The van der Waals surface area contributed by atoms with Crippen LogP contribution in [0.3, 0.4) is 0 Å². The lowest BCUT2D eigenvalue weighted by Crippen LogP contribution is -2.16. The maximum Gasteiger partial charge on any atom is 0.325 e. The summed E-state index contributed by atoms with van der Waals surface area (Å²) in [6.45, 7) is 0.357. The van der Waals surface area contributed by atoms with Crippen molar-refractivity contribution in [2.45, 2.75) is 6.54 Å². The molecule has 0 amide bonds. The summed E-state index contributed by atoms with van der Waals surface area (Å²) in [6, 6.07) is 4.46. The van der Waals surface area contributed by atoms with E-state index in [0.717, 1.165) is 5.56 Å². The van der Waals surface area contributed by atoms with Crippen molar-refractivity contribution in [2.24, 2.45) is 0 Å². The van der Waals surface area contributed by atoms with Crippen molar-refractivity contribution in [3.63, 3.8) is 0 Å². The van der Waals surface area contributed by atoms with Crippen LogP contribution < -0.4 is 5.69 Å². The van der Waals surface area contributed by atoms with E-state index in [9.17, 15) is 9.90 Å². The van der Waals surface area contributed by atoms with E-state index in [-0.39, 0.29) is 17.2 Å². The molecule has 5 heteroatoms. The monoisotopic (exact) mass is 206 g/mol. The Morgan fingerprint density at radius 2 is 2.07 bits per heavy atom. The summed E-state index contributed by atoms with van der Waals surface area (Å²) in [5.41, 5.74) is 0.537. The van der Waals surface area contributed by atoms with Gasteiger partial charge in [-0.15, -0.1) is 0 Å². The minimum atomic E-state index is -0.206. The third-order valence-corrected chi connectivity index (χ3v) is 2.11. The first-order valence-corrected chi connectivity index (χ1v) is 4.41. The summed E-state index contributed by atoms with van der Waals surface area (Å²) in [6.07, 6.45) is 3.16. The van der Waals surface area contributed by atoms with Crippen LogP contribution in [0.2, 0.25) is 0 Å². The van der Waals surface area contributed by atoms with Crippen LogP contribution in [0.5, 0.6) is 11.5 Å². The Labute approximate surface area is 85.2 Å². The molecule has 1 aromatic carbocycles. The maximum absolute atomic E-state index is 11.2. The van der Waals surface area contributed by atoms with Crippen LogP contribution in [-0.2, 0) is 6.54 Å². The van der Waals surface area contributed by atoms with Crippen LogP contribution in [0.4, 0.5) is 0 Å². The molecule has 0 aliphatic carbocycles. The standard InChI is InChI=1S/C10H10N2O3/c13-8-2-1-7(5-9(8)14)6-12-4-3-11-10(12)15/h1-5,13-14H,6H2,(H,11,15). The molecule has 2 rings (SSSR count). The van der Waals surface area contributed by atoms with Crippen LogP contribution in [0.25, 0.3) is 0 Å². The van der Waals surface area contributed by atoms with Gasteiger partial charge in [0.25, 0.3) is 0 Å². The molecule has 3 N–H and O–H groups in total. The van der Waals surface area contributed by atoms with Crippen molar-refractivity contribution < 1.29 is 10.2 Å². The summed E-state index contributed by atoms with van der Waals surface area (Å²) in [4.78, 5) is 13.7. The maximum atomic E-state index is 11.2. The smallest absolute Gasteiger partial charge is 0.325 e. The molecule has 0 fully saturated rings. The van der Waals surface area contributed by atoms with E-state index in [1.165, 1.54) is 16.7 Å². The summed E-state index contributed by atoms with van der Waals surface area (Å²) >= 11 is 0. The van der Waals surface area contributed by atoms with Crippen molar-refractivity contribution in [1.29, 1.82) is 0 Å². The van der Waals surface area contributed by atoms with E-state index in [0.29, 0.717) is 6.54 Å². The third-order valence-electron chi connectivity index (χ3n) is 2.11. The third kappa shape index (κ3) is 1.85. The number of aromatic nitrogens is 2. The fraction of sp³-hybridized carbons (Fsp3) is 0.100. The fourth-order valence-electron chi connectivity index (χ4n) is 1.34. The van der Waals surface area contributed by atoms with Crippen LogP contribution in [0.15, 0.2) is 35.4 Å². The van der Waals surface area contributed by atoms with Gasteiger partial charge in [-0.25, -0.2) is 4.79 Å². The van der Waals surface area contributed by atoms with E-state index in [1.807, 2.05) is 0 Å². The molecule has 1 aromatic heterocycles. The number of benzene rings is 1. The van der Waals surface area contributed by atoms with Crippen LogP contribution in [-0.4, -0.2) is 19.8 Å². The highest BCUT2D eigenvalue weighted by atomic mass is 16.3. The lowest BCUT2D eigenvalue weighted by Gasteiger charge is -2.03. The number of hydrogen-bond donors (Lipinski definition) is 3. The number of phenols is 2. The first kappa shape index (κ1) is 9.39. The molecule has 1 heterocycles. The highest BCUT2D eigenvalue weighted by Gasteiger charge is 2.02. The SMILES string of the molecule is O=c1[nH]ccn1Cc1ccc(O)c(O)c1. The van der Waals surface area contributed by atoms with E-state index in [1.54, 1.807) is 18.5 Å². The number of H-pyrrole nitrogens is 1. The van der Waals surface area contributed by atoms with Gasteiger partial charge in [0.15, 0.2) is 11.5 Å². The average Bonchev–Trinajstić information content (AvgIpc) is 2.59. The largest absolute Gasteiger partial charge is 0.504 e. The topological polar surface area (TPSA) is 78.2 Å². The number of aromatic amines is 1. The molecule has 0 atom stereocenters. The van der Waals surface area contributed by atoms with E-state index >= 15 is 0 Å². The van der Waals surface area contributed by atoms with Crippen LogP contribution in [0.1, 0.15) is 5.56 Å². The predicted octanol–water partition coefficient (Wildman–Crippen LogP) is 0.636. The second kappa shape index (κ2) is 3.53. The molecule has 0 saturated heterocycles. The molecular formula is C10H10N2O3. The summed E-state index contributed by atoms with van der Waals surface area (Å²) < 4.78 is 1.46. The number of nitrogens with one attached hydrogen (secondary N) is 1. The Morgan fingerprint density at radius 1 is 1.27 bits per heavy atom. The number of rotatable bonds is 2. The highest BCUT2D eigenvalue weighted by Crippen LogP contribution is 2.24. The zero-order chi connectivity index (χ0) is 10.8. The van der Waals surface area contributed by atoms with Gasteiger partial charge in [-0.3, -0.25) is 4.57 Å². The number of phenolic OH excluding ortho intramolecular Hbond substituents is 2. The summed E-state index contributed by atoms with van der Waals surface area (Å²) in [7, 11) is 0. The van der Waals surface area contributed by atoms with E-state index in [2.05, 4.69) is 4.98 Å². The lowest BCUT2D eigenvalue weighted by atomic mass is 10.2. The van der Waals surface area contributed by atoms with Crippen molar-refractivity contribution in [2.75, 3.05) is 0 Å². The van der Waals surface area contributed by atoms with Gasteiger partial charge < -0.3 is 15.2 Å². The minimum Gasteiger partial charge on any atom is -0.504 e. The second-order valence-corrected chi connectivity index (χ2v) is 3.22. The van der Waals surface area contributed by atoms with Gasteiger partial charge in [-0.2, -0.15) is 0 Å². The molecule has 0 saturated carbocycles. The Kier molecular flexibility index (Phi) is 2.21. The zero-order valence-corrected chi connectivity index (χ0v) is 7.84. The van der Waals surface area contributed by atoms with Crippen molar-refractivity contribution in [1.82, 2.24) is 9.55 Å². The van der Waals surface area contributed by atoms with Gasteiger partial charge in [0, 0.05) is 12.4 Å². The Balaban J connectivity index is 2.29. The molecule has 78 valence electrons. The van der Waals surface area contributed by atoms with Gasteiger partial charge in [0.1, 0.15) is 0 Å². The lowest BCUT2D eigenvalue weighted by molar-refractivity contribution is 0.403. The first-order chi connectivity index (χ1) is 7.16. The Morgan fingerprint density at radius 3 is 2.67 bits per heavy atom. The Bertz CT molecular complexity index is 527. The van der Waals surface area contributed by atoms with Crippen LogP contribution in [0, 0.1) is 0 Å². The predicted molar refractivity (Wildman–Crippen MR) is 53.9 cm³/mol. The molecule has 2 aromatic rings. The van der Waals surface area contributed by atoms with Crippen LogP contribution >= 0.6 is 0 Å². The molecule has 0 bridgehead atoms. The molecule has 0 aliphatic rings. The number of imidazole rings is 1. The number of hydrogen-bond acceptors (Lipinski definition) is 3.